The van der Waals surface area contributed by atoms with Gasteiger partial charge in [-0.25, -0.2) is 13.6 Å². The van der Waals surface area contributed by atoms with Crippen molar-refractivity contribution in [2.75, 3.05) is 6.54 Å². The SMILES string of the molecule is Cc1cc(C(=O)NCCc2ccc(S(N)(=O)=O)cc2)c(C)n1-c1ccccc1. The van der Waals surface area contributed by atoms with Crippen molar-refractivity contribution in [1.29, 1.82) is 0 Å². The Kier molecular flexibility index (Phi) is 5.67. The Morgan fingerprint density at radius 1 is 1.04 bits per heavy atom. The number of nitrogens with one attached hydrogen (secondary N) is 1. The van der Waals surface area contributed by atoms with Gasteiger partial charge in [0.05, 0.1) is 10.5 Å². The van der Waals surface area contributed by atoms with E-state index in [9.17, 15) is 13.2 Å². The fourth-order valence-electron chi connectivity index (χ4n) is 3.23. The third kappa shape index (κ3) is 4.32. The molecule has 0 spiro atoms. The Balaban J connectivity index is 1.66. The minimum absolute atomic E-state index is 0.0774. The van der Waals surface area contributed by atoms with Crippen LogP contribution in [0.4, 0.5) is 0 Å². The first kappa shape index (κ1) is 19.9. The van der Waals surface area contributed by atoms with Crippen LogP contribution in [0.2, 0.25) is 0 Å². The first-order valence-electron chi connectivity index (χ1n) is 8.91. The van der Waals surface area contributed by atoms with Gasteiger partial charge in [0.25, 0.3) is 5.91 Å². The number of carbonyl (C=O) groups is 1. The standard InChI is InChI=1S/C21H23N3O3S/c1-15-14-20(16(2)24(15)18-6-4-3-5-7-18)21(25)23-13-12-17-8-10-19(11-9-17)28(22,26)27/h3-11,14H,12-13H2,1-2H3,(H,23,25)(H2,22,26,27). The number of hydrogen-bond donors (Lipinski definition) is 2. The Morgan fingerprint density at radius 2 is 1.68 bits per heavy atom. The summed E-state index contributed by atoms with van der Waals surface area (Å²) in [5, 5.41) is 8.02. The zero-order valence-electron chi connectivity index (χ0n) is 15.8. The Labute approximate surface area is 165 Å². The molecule has 1 aromatic heterocycles. The normalized spacial score (nSPS) is 11.4. The minimum atomic E-state index is -3.69. The molecular weight excluding hydrogens is 374 g/mol. The molecular formula is C21H23N3O3S. The summed E-state index contributed by atoms with van der Waals surface area (Å²) in [6.07, 6.45) is 0.591. The lowest BCUT2D eigenvalue weighted by Gasteiger charge is -2.10. The molecule has 0 bridgehead atoms. The predicted octanol–water partition coefficient (Wildman–Crippen LogP) is 2.71. The maximum Gasteiger partial charge on any atom is 0.253 e. The number of primary sulfonamides is 1. The third-order valence-corrected chi connectivity index (χ3v) is 5.57. The summed E-state index contributed by atoms with van der Waals surface area (Å²) in [5.41, 5.74) is 4.46. The minimum Gasteiger partial charge on any atom is -0.352 e. The zero-order chi connectivity index (χ0) is 20.3. The molecule has 146 valence electrons. The van der Waals surface area contributed by atoms with Gasteiger partial charge < -0.3 is 9.88 Å². The number of carbonyl (C=O) groups excluding carboxylic acids is 1. The molecule has 1 heterocycles. The van der Waals surface area contributed by atoms with Gasteiger partial charge in [0.2, 0.25) is 10.0 Å². The van der Waals surface area contributed by atoms with Gasteiger partial charge in [0, 0.05) is 23.6 Å². The second-order valence-electron chi connectivity index (χ2n) is 6.65. The molecule has 0 fully saturated rings. The predicted molar refractivity (Wildman–Crippen MR) is 109 cm³/mol. The number of hydrogen-bond acceptors (Lipinski definition) is 3. The molecule has 0 saturated heterocycles. The molecule has 0 saturated carbocycles. The van der Waals surface area contributed by atoms with E-state index in [1.54, 1.807) is 12.1 Å². The van der Waals surface area contributed by atoms with Crippen molar-refractivity contribution in [1.82, 2.24) is 9.88 Å². The van der Waals surface area contributed by atoms with Crippen molar-refractivity contribution in [3.63, 3.8) is 0 Å². The van der Waals surface area contributed by atoms with Gasteiger partial charge in [-0.05, 0) is 56.2 Å². The van der Waals surface area contributed by atoms with Crippen LogP contribution in [0.15, 0.2) is 65.6 Å². The zero-order valence-corrected chi connectivity index (χ0v) is 16.7. The van der Waals surface area contributed by atoms with E-state index in [-0.39, 0.29) is 10.8 Å². The molecule has 3 aromatic rings. The highest BCUT2D eigenvalue weighted by molar-refractivity contribution is 7.89. The van der Waals surface area contributed by atoms with E-state index in [0.717, 1.165) is 22.6 Å². The van der Waals surface area contributed by atoms with Crippen LogP contribution in [-0.2, 0) is 16.4 Å². The average molecular weight is 398 g/mol. The number of sulfonamides is 1. The Hall–Kier alpha value is -2.90. The number of nitrogens with two attached hydrogens (primary N) is 1. The van der Waals surface area contributed by atoms with E-state index in [0.29, 0.717) is 18.5 Å². The van der Waals surface area contributed by atoms with Crippen LogP contribution >= 0.6 is 0 Å². The van der Waals surface area contributed by atoms with Crippen LogP contribution in [0.3, 0.4) is 0 Å². The summed E-state index contributed by atoms with van der Waals surface area (Å²) >= 11 is 0. The summed E-state index contributed by atoms with van der Waals surface area (Å²) in [6.45, 7) is 4.35. The van der Waals surface area contributed by atoms with Crippen molar-refractivity contribution < 1.29 is 13.2 Å². The fraction of sp³-hybridized carbons (Fsp3) is 0.190. The number of rotatable bonds is 6. The van der Waals surface area contributed by atoms with Crippen LogP contribution in [0, 0.1) is 13.8 Å². The van der Waals surface area contributed by atoms with Crippen molar-refractivity contribution in [3.05, 3.63) is 83.2 Å². The maximum atomic E-state index is 12.6. The lowest BCUT2D eigenvalue weighted by Crippen LogP contribution is -2.26. The van der Waals surface area contributed by atoms with Crippen molar-refractivity contribution in [2.45, 2.75) is 25.2 Å². The van der Waals surface area contributed by atoms with E-state index in [1.165, 1.54) is 12.1 Å². The number of aryl methyl sites for hydroxylation is 1. The van der Waals surface area contributed by atoms with Crippen LogP contribution in [0.5, 0.6) is 0 Å². The summed E-state index contributed by atoms with van der Waals surface area (Å²) < 4.78 is 24.6. The van der Waals surface area contributed by atoms with Gasteiger partial charge in [-0.1, -0.05) is 30.3 Å². The molecule has 6 nitrogen and oxygen atoms in total. The first-order valence-corrected chi connectivity index (χ1v) is 10.5. The molecule has 0 unspecified atom stereocenters. The van der Waals surface area contributed by atoms with E-state index >= 15 is 0 Å². The van der Waals surface area contributed by atoms with Crippen molar-refractivity contribution >= 4 is 15.9 Å². The monoisotopic (exact) mass is 397 g/mol. The molecule has 0 radical (unpaired) electrons. The highest BCUT2D eigenvalue weighted by Crippen LogP contribution is 2.20. The van der Waals surface area contributed by atoms with Crippen LogP contribution in [0.25, 0.3) is 5.69 Å². The number of para-hydroxylation sites is 1. The second kappa shape index (κ2) is 8.00. The average Bonchev–Trinajstić information content (AvgIpc) is 2.96. The molecule has 0 aliphatic rings. The van der Waals surface area contributed by atoms with Crippen LogP contribution in [-0.4, -0.2) is 25.4 Å². The third-order valence-electron chi connectivity index (χ3n) is 4.64. The topological polar surface area (TPSA) is 94.2 Å². The Morgan fingerprint density at radius 3 is 2.29 bits per heavy atom. The van der Waals surface area contributed by atoms with Gasteiger partial charge in [0.1, 0.15) is 0 Å². The molecule has 1 amide bonds. The maximum absolute atomic E-state index is 12.6. The van der Waals surface area contributed by atoms with Gasteiger partial charge >= 0.3 is 0 Å². The number of amides is 1. The van der Waals surface area contributed by atoms with Crippen molar-refractivity contribution in [3.8, 4) is 5.69 Å². The van der Waals surface area contributed by atoms with E-state index in [1.807, 2.05) is 50.2 Å². The molecule has 0 aliphatic carbocycles. The summed E-state index contributed by atoms with van der Waals surface area (Å²) in [7, 11) is -3.69. The smallest absolute Gasteiger partial charge is 0.253 e. The quantitative estimate of drug-likeness (QED) is 0.670. The molecule has 28 heavy (non-hydrogen) atoms. The Bertz CT molecular complexity index is 1090. The number of nitrogens with zero attached hydrogens (tertiary/aromatic N) is 1. The summed E-state index contributed by atoms with van der Waals surface area (Å²) in [4.78, 5) is 12.7. The summed E-state index contributed by atoms with van der Waals surface area (Å²) in [6, 6.07) is 18.1. The van der Waals surface area contributed by atoms with Gasteiger partial charge in [-0.3, -0.25) is 4.79 Å². The van der Waals surface area contributed by atoms with Gasteiger partial charge in [0.15, 0.2) is 0 Å². The molecule has 2 aromatic carbocycles. The van der Waals surface area contributed by atoms with Crippen molar-refractivity contribution in [2.24, 2.45) is 5.14 Å². The highest BCUT2D eigenvalue weighted by Gasteiger charge is 2.16. The number of benzene rings is 2. The largest absolute Gasteiger partial charge is 0.352 e. The lowest BCUT2D eigenvalue weighted by molar-refractivity contribution is 0.0953. The molecule has 7 heteroatoms. The summed E-state index contributed by atoms with van der Waals surface area (Å²) in [5.74, 6) is -0.128. The molecule has 0 atom stereocenters. The molecule has 3 N–H and O–H groups in total. The highest BCUT2D eigenvalue weighted by atomic mass is 32.2. The molecule has 3 rings (SSSR count). The number of aromatic nitrogens is 1. The fourth-order valence-corrected chi connectivity index (χ4v) is 3.74. The van der Waals surface area contributed by atoms with Crippen LogP contribution < -0.4 is 10.5 Å². The lowest BCUT2D eigenvalue weighted by atomic mass is 10.1. The molecule has 0 aliphatic heterocycles. The first-order chi connectivity index (χ1) is 13.3. The van der Waals surface area contributed by atoms with Gasteiger partial charge in [-0.15, -0.1) is 0 Å². The van der Waals surface area contributed by atoms with Gasteiger partial charge in [-0.2, -0.15) is 0 Å². The van der Waals surface area contributed by atoms with E-state index < -0.39 is 10.0 Å². The van der Waals surface area contributed by atoms with E-state index in [4.69, 9.17) is 5.14 Å². The van der Waals surface area contributed by atoms with Crippen LogP contribution in [0.1, 0.15) is 27.3 Å². The second-order valence-corrected chi connectivity index (χ2v) is 8.21. The van der Waals surface area contributed by atoms with E-state index in [2.05, 4.69) is 9.88 Å².